The largest absolute Gasteiger partial charge is 0.352 e. The van der Waals surface area contributed by atoms with Crippen LogP contribution < -0.4 is 16.0 Å². The zero-order valence-corrected chi connectivity index (χ0v) is 11.0. The second kappa shape index (κ2) is 6.18. The third-order valence-electron chi connectivity index (χ3n) is 3.55. The second-order valence-electron chi connectivity index (χ2n) is 5.37. The molecule has 102 valence electrons. The molecule has 0 radical (unpaired) electrons. The molecule has 2 fully saturated rings. The van der Waals surface area contributed by atoms with Gasteiger partial charge >= 0.3 is 0 Å². The van der Waals surface area contributed by atoms with Crippen LogP contribution in [0.3, 0.4) is 0 Å². The van der Waals surface area contributed by atoms with E-state index >= 15 is 0 Å². The lowest BCUT2D eigenvalue weighted by atomic mass is 10.1. The molecular weight excluding hydrogens is 230 g/mol. The normalized spacial score (nSPS) is 25.9. The zero-order valence-electron chi connectivity index (χ0n) is 11.0. The first-order valence-corrected chi connectivity index (χ1v) is 7.01. The summed E-state index contributed by atoms with van der Waals surface area (Å²) >= 11 is 0. The summed E-state index contributed by atoms with van der Waals surface area (Å²) in [4.78, 5) is 23.7. The average Bonchev–Trinajstić information content (AvgIpc) is 3.14. The Labute approximate surface area is 108 Å². The van der Waals surface area contributed by atoms with Gasteiger partial charge in [0.05, 0.1) is 6.04 Å². The van der Waals surface area contributed by atoms with Gasteiger partial charge in [-0.3, -0.25) is 9.59 Å². The number of amides is 2. The Morgan fingerprint density at radius 1 is 1.17 bits per heavy atom. The van der Waals surface area contributed by atoms with Crippen LogP contribution in [0.5, 0.6) is 0 Å². The van der Waals surface area contributed by atoms with E-state index in [9.17, 15) is 9.59 Å². The van der Waals surface area contributed by atoms with Crippen LogP contribution in [0.25, 0.3) is 0 Å². The minimum absolute atomic E-state index is 0.0460. The highest BCUT2D eigenvalue weighted by molar-refractivity contribution is 5.89. The number of nitrogens with one attached hydrogen (secondary N) is 3. The van der Waals surface area contributed by atoms with Crippen LogP contribution in [0.15, 0.2) is 0 Å². The number of carbonyl (C=O) groups is 2. The van der Waals surface area contributed by atoms with E-state index in [-0.39, 0.29) is 17.9 Å². The molecule has 5 heteroatoms. The molecule has 0 bridgehead atoms. The van der Waals surface area contributed by atoms with Crippen molar-refractivity contribution in [2.24, 2.45) is 0 Å². The third-order valence-corrected chi connectivity index (χ3v) is 3.55. The fraction of sp³-hybridized carbons (Fsp3) is 0.846. The molecule has 2 unspecified atom stereocenters. The van der Waals surface area contributed by atoms with Gasteiger partial charge < -0.3 is 16.0 Å². The molecule has 0 aromatic carbocycles. The zero-order chi connectivity index (χ0) is 13.0. The van der Waals surface area contributed by atoms with Gasteiger partial charge in [-0.05, 0) is 39.2 Å². The molecule has 2 atom stereocenters. The molecule has 0 aromatic rings. The highest BCUT2D eigenvalue weighted by Crippen LogP contribution is 2.18. The predicted molar refractivity (Wildman–Crippen MR) is 69.0 cm³/mol. The Morgan fingerprint density at radius 2 is 1.94 bits per heavy atom. The lowest BCUT2D eigenvalue weighted by Gasteiger charge is -2.19. The van der Waals surface area contributed by atoms with E-state index in [2.05, 4.69) is 16.0 Å². The minimum Gasteiger partial charge on any atom is -0.352 e. The molecule has 1 aliphatic carbocycles. The maximum absolute atomic E-state index is 12.0. The number of hydrogen-bond acceptors (Lipinski definition) is 3. The first-order valence-electron chi connectivity index (χ1n) is 7.01. The van der Waals surface area contributed by atoms with Gasteiger partial charge in [0.15, 0.2) is 0 Å². The van der Waals surface area contributed by atoms with Crippen molar-refractivity contribution in [1.82, 2.24) is 16.0 Å². The minimum atomic E-state index is -0.442. The fourth-order valence-electron chi connectivity index (χ4n) is 2.19. The van der Waals surface area contributed by atoms with Crippen molar-refractivity contribution < 1.29 is 9.59 Å². The molecule has 2 aliphatic rings. The van der Waals surface area contributed by atoms with Crippen LogP contribution in [0.1, 0.15) is 45.4 Å². The number of hydrogen-bond donors (Lipinski definition) is 3. The average molecular weight is 253 g/mol. The summed E-state index contributed by atoms with van der Waals surface area (Å²) in [7, 11) is 0. The smallest absolute Gasteiger partial charge is 0.242 e. The summed E-state index contributed by atoms with van der Waals surface area (Å²) < 4.78 is 0. The first kappa shape index (κ1) is 13.3. The molecule has 2 rings (SSSR count). The van der Waals surface area contributed by atoms with Gasteiger partial charge in [0.1, 0.15) is 6.04 Å². The highest BCUT2D eigenvalue weighted by Gasteiger charge is 2.27. The molecule has 0 aromatic heterocycles. The Hall–Kier alpha value is -1.10. The molecule has 1 aliphatic heterocycles. The Morgan fingerprint density at radius 3 is 2.67 bits per heavy atom. The van der Waals surface area contributed by atoms with Crippen LogP contribution in [-0.4, -0.2) is 36.5 Å². The molecule has 1 saturated carbocycles. The van der Waals surface area contributed by atoms with E-state index in [0.717, 1.165) is 38.6 Å². The van der Waals surface area contributed by atoms with Crippen molar-refractivity contribution >= 4 is 11.8 Å². The third kappa shape index (κ3) is 3.98. The summed E-state index contributed by atoms with van der Waals surface area (Å²) in [5, 5.41) is 8.93. The molecule has 1 heterocycles. The topological polar surface area (TPSA) is 70.2 Å². The summed E-state index contributed by atoms with van der Waals surface area (Å²) in [6.45, 7) is 2.63. The van der Waals surface area contributed by atoms with E-state index in [4.69, 9.17) is 0 Å². The van der Waals surface area contributed by atoms with Crippen molar-refractivity contribution in [2.45, 2.75) is 63.6 Å². The van der Waals surface area contributed by atoms with Crippen molar-refractivity contribution in [3.05, 3.63) is 0 Å². The summed E-state index contributed by atoms with van der Waals surface area (Å²) in [5.41, 5.74) is 0. The van der Waals surface area contributed by atoms with E-state index in [1.165, 1.54) is 6.42 Å². The molecule has 18 heavy (non-hydrogen) atoms. The van der Waals surface area contributed by atoms with Crippen LogP contribution in [-0.2, 0) is 9.59 Å². The summed E-state index contributed by atoms with van der Waals surface area (Å²) in [6.07, 6.45) is 6.37. The van der Waals surface area contributed by atoms with E-state index in [0.29, 0.717) is 6.04 Å². The van der Waals surface area contributed by atoms with Crippen LogP contribution >= 0.6 is 0 Å². The summed E-state index contributed by atoms with van der Waals surface area (Å²) in [6, 6.07) is -0.236. The van der Waals surface area contributed by atoms with Gasteiger partial charge in [-0.2, -0.15) is 0 Å². The quantitative estimate of drug-likeness (QED) is 0.675. The Bertz CT molecular complexity index is 307. The number of carbonyl (C=O) groups excluding carboxylic acids is 2. The van der Waals surface area contributed by atoms with Gasteiger partial charge in [-0.1, -0.05) is 12.8 Å². The first-order chi connectivity index (χ1) is 8.66. The fourth-order valence-corrected chi connectivity index (χ4v) is 2.19. The molecule has 0 spiro atoms. The van der Waals surface area contributed by atoms with Crippen molar-refractivity contribution in [3.8, 4) is 0 Å². The standard InChI is InChI=1S/C13H23N3O2/c1-9(12(17)16-10-6-7-10)15-13(18)11-5-3-2-4-8-14-11/h9-11,14H,2-8H2,1H3,(H,15,18)(H,16,17). The van der Waals surface area contributed by atoms with Gasteiger partial charge in [0.2, 0.25) is 11.8 Å². The molecule has 1 saturated heterocycles. The number of rotatable bonds is 4. The maximum Gasteiger partial charge on any atom is 0.242 e. The predicted octanol–water partition coefficient (Wildman–Crippen LogP) is 0.302. The lowest BCUT2D eigenvalue weighted by molar-refractivity contribution is -0.129. The van der Waals surface area contributed by atoms with Crippen LogP contribution in [0.2, 0.25) is 0 Å². The van der Waals surface area contributed by atoms with Gasteiger partial charge in [-0.25, -0.2) is 0 Å². The van der Waals surface area contributed by atoms with Crippen molar-refractivity contribution in [1.29, 1.82) is 0 Å². The van der Waals surface area contributed by atoms with Crippen molar-refractivity contribution in [3.63, 3.8) is 0 Å². The van der Waals surface area contributed by atoms with E-state index in [1.54, 1.807) is 6.92 Å². The Kier molecular flexibility index (Phi) is 4.58. The van der Waals surface area contributed by atoms with E-state index < -0.39 is 6.04 Å². The van der Waals surface area contributed by atoms with Crippen LogP contribution in [0, 0.1) is 0 Å². The van der Waals surface area contributed by atoms with E-state index in [1.807, 2.05) is 0 Å². The molecule has 3 N–H and O–H groups in total. The van der Waals surface area contributed by atoms with Gasteiger partial charge in [0.25, 0.3) is 0 Å². The molecule has 2 amide bonds. The lowest BCUT2D eigenvalue weighted by Crippen LogP contribution is -2.51. The Balaban J connectivity index is 1.75. The SMILES string of the molecule is CC(NC(=O)C1CCCCCN1)C(=O)NC1CC1. The second-order valence-corrected chi connectivity index (χ2v) is 5.37. The summed E-state index contributed by atoms with van der Waals surface area (Å²) in [5.74, 6) is -0.116. The van der Waals surface area contributed by atoms with Crippen LogP contribution in [0.4, 0.5) is 0 Å². The maximum atomic E-state index is 12.0. The highest BCUT2D eigenvalue weighted by atomic mass is 16.2. The van der Waals surface area contributed by atoms with Gasteiger partial charge in [0, 0.05) is 6.04 Å². The van der Waals surface area contributed by atoms with Gasteiger partial charge in [-0.15, -0.1) is 0 Å². The monoisotopic (exact) mass is 253 g/mol. The molecular formula is C13H23N3O2. The molecule has 5 nitrogen and oxygen atoms in total. The van der Waals surface area contributed by atoms with Crippen molar-refractivity contribution in [2.75, 3.05) is 6.54 Å².